The summed E-state index contributed by atoms with van der Waals surface area (Å²) >= 11 is 0. The maximum atomic E-state index is 7.02. The molecular formula is C59H47N5O. The van der Waals surface area contributed by atoms with E-state index in [1.165, 1.54) is 33.3 Å². The van der Waals surface area contributed by atoms with E-state index in [1.807, 2.05) is 6.20 Å². The summed E-state index contributed by atoms with van der Waals surface area (Å²) in [7, 11) is 0. The molecule has 12 rings (SSSR count). The van der Waals surface area contributed by atoms with Crippen LogP contribution in [0.25, 0.3) is 66.2 Å². The molecule has 11 aromatic rings. The molecule has 1 aliphatic rings. The summed E-state index contributed by atoms with van der Waals surface area (Å²) < 4.78 is 11.7. The highest BCUT2D eigenvalue weighted by molar-refractivity contribution is 6.11. The summed E-state index contributed by atoms with van der Waals surface area (Å²) in [6.07, 6.45) is 2.05. The van der Waals surface area contributed by atoms with E-state index in [2.05, 4.69) is 241 Å². The average Bonchev–Trinajstić information content (AvgIpc) is 3.99. The minimum Gasteiger partial charge on any atom is -0.457 e. The van der Waals surface area contributed by atoms with Gasteiger partial charge in [-0.15, -0.1) is 0 Å². The Hall–Kier alpha value is -8.09. The molecule has 0 amide bonds. The molecule has 0 atom stereocenters. The van der Waals surface area contributed by atoms with E-state index in [-0.39, 0.29) is 5.41 Å². The van der Waals surface area contributed by atoms with Crippen molar-refractivity contribution in [2.45, 2.75) is 33.1 Å². The van der Waals surface area contributed by atoms with E-state index in [0.717, 1.165) is 78.3 Å². The molecule has 314 valence electrons. The number of hydrogen-bond donors (Lipinski definition) is 0. The van der Waals surface area contributed by atoms with Gasteiger partial charge >= 0.3 is 0 Å². The van der Waals surface area contributed by atoms with Crippen LogP contribution in [0.1, 0.15) is 31.9 Å². The lowest BCUT2D eigenvalue weighted by Gasteiger charge is -2.26. The van der Waals surface area contributed by atoms with Gasteiger partial charge in [-0.1, -0.05) is 123 Å². The number of aromatic nitrogens is 3. The van der Waals surface area contributed by atoms with E-state index < -0.39 is 0 Å². The van der Waals surface area contributed by atoms with Gasteiger partial charge in [0.2, 0.25) is 0 Å². The van der Waals surface area contributed by atoms with Gasteiger partial charge in [-0.3, -0.25) is 4.57 Å². The van der Waals surface area contributed by atoms with Crippen molar-refractivity contribution in [3.63, 3.8) is 0 Å². The third-order valence-corrected chi connectivity index (χ3v) is 13.0. The zero-order valence-corrected chi connectivity index (χ0v) is 36.9. The maximum Gasteiger partial charge on any atom is 0.139 e. The Morgan fingerprint density at radius 3 is 1.91 bits per heavy atom. The van der Waals surface area contributed by atoms with Crippen molar-refractivity contribution in [2.75, 3.05) is 16.5 Å². The lowest BCUT2D eigenvalue weighted by atomic mass is 9.86. The van der Waals surface area contributed by atoms with E-state index in [4.69, 9.17) is 9.72 Å². The fourth-order valence-electron chi connectivity index (χ4n) is 9.74. The molecule has 0 aliphatic carbocycles. The normalized spacial score (nSPS) is 12.8. The summed E-state index contributed by atoms with van der Waals surface area (Å²) in [5.41, 5.74) is 14.7. The zero-order chi connectivity index (χ0) is 43.8. The molecule has 0 radical (unpaired) electrons. The van der Waals surface area contributed by atoms with Crippen molar-refractivity contribution in [1.82, 2.24) is 14.1 Å². The van der Waals surface area contributed by atoms with Crippen LogP contribution in [0.5, 0.6) is 11.5 Å². The monoisotopic (exact) mass is 841 g/mol. The van der Waals surface area contributed by atoms with Crippen LogP contribution in [0.4, 0.5) is 22.7 Å². The lowest BCUT2D eigenvalue weighted by molar-refractivity contribution is 0.479. The summed E-state index contributed by atoms with van der Waals surface area (Å²) in [5.74, 6) is 2.39. The first-order valence-corrected chi connectivity index (χ1v) is 22.4. The molecule has 0 spiro atoms. The molecule has 65 heavy (non-hydrogen) atoms. The van der Waals surface area contributed by atoms with Crippen molar-refractivity contribution in [2.24, 2.45) is 0 Å². The molecular weight excluding hydrogens is 795 g/mol. The largest absolute Gasteiger partial charge is 0.457 e. The fourth-order valence-corrected chi connectivity index (χ4v) is 9.74. The molecule has 6 nitrogen and oxygen atoms in total. The van der Waals surface area contributed by atoms with Crippen LogP contribution in [-0.4, -0.2) is 20.8 Å². The third-order valence-electron chi connectivity index (χ3n) is 13.0. The number of para-hydroxylation sites is 3. The number of hydrogen-bond acceptors (Lipinski definition) is 4. The number of benzene rings is 8. The van der Waals surface area contributed by atoms with Gasteiger partial charge in [0.25, 0.3) is 0 Å². The van der Waals surface area contributed by atoms with E-state index >= 15 is 0 Å². The molecule has 4 heterocycles. The highest BCUT2D eigenvalue weighted by Gasteiger charge is 2.30. The predicted octanol–water partition coefficient (Wildman–Crippen LogP) is 15.6. The molecule has 0 N–H and O–H groups in total. The highest BCUT2D eigenvalue weighted by atomic mass is 16.5. The Kier molecular flexibility index (Phi) is 8.92. The molecule has 0 bridgehead atoms. The van der Waals surface area contributed by atoms with Gasteiger partial charge in [0.15, 0.2) is 0 Å². The Bertz CT molecular complexity index is 3600. The van der Waals surface area contributed by atoms with E-state index in [0.29, 0.717) is 6.67 Å². The van der Waals surface area contributed by atoms with Crippen LogP contribution in [0.2, 0.25) is 0 Å². The number of fused-ring (bicyclic) bond motifs is 7. The number of rotatable bonds is 7. The van der Waals surface area contributed by atoms with Crippen LogP contribution in [0.15, 0.2) is 200 Å². The standard InChI is InChI=1S/C59H47N5O/c1-39-24-28-53-50(30-39)51-37-60-58(36-56(51)63(53)44-20-12-7-13-21-44)64-52-23-15-14-22-48(52)49-27-26-46(35-55(49)64)65-47-33-42(59(2,3)4)32-45(34-47)62-38-61(43-18-10-6-11-19-43)54-29-25-41(31-57(54)62)40-16-8-5-9-17-40/h5-37H,38H2,1-4H3. The highest BCUT2D eigenvalue weighted by Crippen LogP contribution is 2.48. The molecule has 0 saturated carbocycles. The number of pyridine rings is 1. The minimum atomic E-state index is -0.136. The van der Waals surface area contributed by atoms with Crippen molar-refractivity contribution in [1.29, 1.82) is 0 Å². The predicted molar refractivity (Wildman–Crippen MR) is 270 cm³/mol. The van der Waals surface area contributed by atoms with Gasteiger partial charge in [-0.2, -0.15) is 0 Å². The van der Waals surface area contributed by atoms with Gasteiger partial charge in [-0.25, -0.2) is 4.98 Å². The summed E-state index contributed by atoms with van der Waals surface area (Å²) in [6.45, 7) is 9.62. The van der Waals surface area contributed by atoms with E-state index in [1.54, 1.807) is 0 Å². The second-order valence-corrected chi connectivity index (χ2v) is 18.3. The number of nitrogens with zero attached hydrogens (tertiary/aromatic N) is 5. The van der Waals surface area contributed by atoms with Crippen LogP contribution in [0, 0.1) is 6.92 Å². The Morgan fingerprint density at radius 1 is 0.446 bits per heavy atom. The summed E-state index contributed by atoms with van der Waals surface area (Å²) in [6, 6.07) is 69.5. The van der Waals surface area contributed by atoms with Crippen molar-refractivity contribution >= 4 is 66.4 Å². The van der Waals surface area contributed by atoms with E-state index in [9.17, 15) is 0 Å². The second kappa shape index (κ2) is 15.0. The van der Waals surface area contributed by atoms with Crippen molar-refractivity contribution in [3.8, 4) is 34.1 Å². The van der Waals surface area contributed by atoms with Gasteiger partial charge in [0.1, 0.15) is 24.0 Å². The molecule has 1 aliphatic heterocycles. The van der Waals surface area contributed by atoms with Crippen LogP contribution >= 0.6 is 0 Å². The summed E-state index contributed by atoms with van der Waals surface area (Å²) in [4.78, 5) is 10.0. The van der Waals surface area contributed by atoms with Gasteiger partial charge in [0.05, 0.1) is 33.4 Å². The molecule has 0 saturated heterocycles. The lowest BCUT2D eigenvalue weighted by Crippen LogP contribution is -2.24. The first-order chi connectivity index (χ1) is 31.7. The molecule has 8 aromatic carbocycles. The van der Waals surface area contributed by atoms with Gasteiger partial charge in [0, 0.05) is 63.0 Å². The first-order valence-electron chi connectivity index (χ1n) is 22.4. The molecule has 6 heteroatoms. The van der Waals surface area contributed by atoms with Crippen molar-refractivity contribution < 1.29 is 4.74 Å². The maximum absolute atomic E-state index is 7.02. The number of ether oxygens (including phenoxy) is 1. The van der Waals surface area contributed by atoms with Crippen LogP contribution < -0.4 is 14.5 Å². The molecule has 3 aromatic heterocycles. The molecule has 0 fully saturated rings. The quantitative estimate of drug-likeness (QED) is 0.160. The van der Waals surface area contributed by atoms with Gasteiger partial charge in [-0.05, 0) is 108 Å². The summed E-state index contributed by atoms with van der Waals surface area (Å²) in [5, 5.41) is 4.62. The Labute approximate surface area is 378 Å². The third kappa shape index (κ3) is 6.60. The SMILES string of the molecule is Cc1ccc2c(c1)c1cnc(-n3c4ccccc4c4ccc(Oc5cc(N6CN(c7ccccc7)c7ccc(-c8ccccc8)cc76)cc(C(C)(C)C)c5)cc43)cc1n2-c1ccccc1. The number of aryl methyl sites for hydroxylation is 1. The van der Waals surface area contributed by atoms with Gasteiger partial charge < -0.3 is 19.1 Å². The number of anilines is 4. The zero-order valence-electron chi connectivity index (χ0n) is 36.9. The topological polar surface area (TPSA) is 38.5 Å². The Balaban J connectivity index is 0.988. The molecule has 0 unspecified atom stereocenters. The Morgan fingerprint density at radius 2 is 1.12 bits per heavy atom. The smallest absolute Gasteiger partial charge is 0.139 e. The average molecular weight is 842 g/mol. The fraction of sp³-hybridized carbons (Fsp3) is 0.102. The van der Waals surface area contributed by atoms with Crippen LogP contribution in [0.3, 0.4) is 0 Å². The van der Waals surface area contributed by atoms with Crippen LogP contribution in [-0.2, 0) is 5.41 Å². The first kappa shape index (κ1) is 38.6. The minimum absolute atomic E-state index is 0.136. The second-order valence-electron chi connectivity index (χ2n) is 18.3. The van der Waals surface area contributed by atoms with Crippen molar-refractivity contribution in [3.05, 3.63) is 211 Å².